The molecule has 2 aliphatic heterocycles. The maximum Gasteiger partial charge on any atom is 0.104 e. The van der Waals surface area contributed by atoms with E-state index in [1.807, 2.05) is 0 Å². The SMILES string of the molecule is C.CCc1ccc(CC)cc1.COCC1CO1.COCC1CO1.c1ccc2ccccc2c1.c1ccc2ccccc2c1. The van der Waals surface area contributed by atoms with Crippen molar-refractivity contribution in [3.63, 3.8) is 0 Å². The van der Waals surface area contributed by atoms with Crippen LogP contribution in [-0.2, 0) is 31.8 Å². The van der Waals surface area contributed by atoms with Gasteiger partial charge in [0, 0.05) is 14.2 Å². The zero-order valence-electron chi connectivity index (χ0n) is 25.6. The van der Waals surface area contributed by atoms with Crippen molar-refractivity contribution in [1.29, 1.82) is 0 Å². The van der Waals surface area contributed by atoms with Crippen LogP contribution in [-0.4, -0.2) is 52.9 Å². The van der Waals surface area contributed by atoms with Crippen molar-refractivity contribution in [2.24, 2.45) is 0 Å². The van der Waals surface area contributed by atoms with Crippen molar-refractivity contribution in [3.05, 3.63) is 132 Å². The molecule has 0 amide bonds. The minimum absolute atomic E-state index is 0. The molecule has 5 aromatic carbocycles. The minimum atomic E-state index is 0. The lowest BCUT2D eigenvalue weighted by atomic mass is 10.1. The molecule has 0 spiro atoms. The smallest absolute Gasteiger partial charge is 0.104 e. The predicted molar refractivity (Wildman–Crippen MR) is 183 cm³/mol. The van der Waals surface area contributed by atoms with Gasteiger partial charge in [-0.25, -0.2) is 0 Å². The molecule has 2 heterocycles. The Morgan fingerprint density at radius 1 is 0.488 bits per heavy atom. The van der Waals surface area contributed by atoms with E-state index >= 15 is 0 Å². The van der Waals surface area contributed by atoms with Crippen molar-refractivity contribution in [2.75, 3.05) is 40.6 Å². The van der Waals surface area contributed by atoms with Crippen LogP contribution in [0.25, 0.3) is 21.5 Å². The zero-order chi connectivity index (χ0) is 29.8. The maximum atomic E-state index is 4.82. The monoisotopic (exact) mass is 582 g/mol. The Hall–Kier alpha value is -3.54. The summed E-state index contributed by atoms with van der Waals surface area (Å²) in [5.41, 5.74) is 2.86. The predicted octanol–water partition coefficient (Wildman–Crippen LogP) is 9.19. The molecule has 4 nitrogen and oxygen atoms in total. The van der Waals surface area contributed by atoms with Crippen LogP contribution in [0, 0.1) is 0 Å². The lowest BCUT2D eigenvalue weighted by Crippen LogP contribution is -1.94. The van der Waals surface area contributed by atoms with E-state index in [1.54, 1.807) is 14.2 Å². The second-order valence-corrected chi connectivity index (χ2v) is 10.0. The molecule has 0 radical (unpaired) electrons. The first-order valence-corrected chi connectivity index (χ1v) is 14.8. The molecule has 4 heteroatoms. The fraction of sp³-hybridized carbons (Fsp3) is 0.333. The molecule has 2 unspecified atom stereocenters. The third-order valence-corrected chi connectivity index (χ3v) is 6.67. The Morgan fingerprint density at radius 3 is 0.860 bits per heavy atom. The van der Waals surface area contributed by atoms with Crippen molar-refractivity contribution in [3.8, 4) is 0 Å². The first-order chi connectivity index (χ1) is 20.7. The van der Waals surface area contributed by atoms with Crippen LogP contribution in [0.1, 0.15) is 32.4 Å². The van der Waals surface area contributed by atoms with Crippen molar-refractivity contribution in [2.45, 2.75) is 46.3 Å². The number of rotatable bonds is 6. The van der Waals surface area contributed by atoms with Crippen LogP contribution in [0.2, 0.25) is 0 Å². The van der Waals surface area contributed by atoms with Crippen LogP contribution < -0.4 is 0 Å². The number of aryl methyl sites for hydroxylation is 2. The molecule has 230 valence electrons. The van der Waals surface area contributed by atoms with Crippen LogP contribution in [0.3, 0.4) is 0 Å². The van der Waals surface area contributed by atoms with E-state index in [-0.39, 0.29) is 7.43 Å². The van der Waals surface area contributed by atoms with E-state index in [0.717, 1.165) is 39.3 Å². The average Bonchev–Trinajstić information content (AvgIpc) is 4.01. The molecule has 0 saturated carbocycles. The Balaban J connectivity index is 0.000000190. The number of ether oxygens (including phenoxy) is 4. The maximum absolute atomic E-state index is 4.82. The Kier molecular flexibility index (Phi) is 17.6. The lowest BCUT2D eigenvalue weighted by molar-refractivity contribution is 0.171. The van der Waals surface area contributed by atoms with Gasteiger partial charge in [0.1, 0.15) is 12.2 Å². The van der Waals surface area contributed by atoms with Gasteiger partial charge in [-0.2, -0.15) is 0 Å². The number of epoxide rings is 2. The summed E-state index contributed by atoms with van der Waals surface area (Å²) in [4.78, 5) is 0. The first-order valence-electron chi connectivity index (χ1n) is 14.8. The third kappa shape index (κ3) is 15.0. The summed E-state index contributed by atoms with van der Waals surface area (Å²) in [7, 11) is 3.36. The molecule has 0 aliphatic carbocycles. The van der Waals surface area contributed by atoms with Crippen molar-refractivity contribution in [1.82, 2.24) is 0 Å². The molecule has 0 N–H and O–H groups in total. The van der Waals surface area contributed by atoms with Gasteiger partial charge in [-0.1, -0.05) is 143 Å². The van der Waals surface area contributed by atoms with E-state index in [4.69, 9.17) is 18.9 Å². The Morgan fingerprint density at radius 2 is 0.721 bits per heavy atom. The van der Waals surface area contributed by atoms with Crippen molar-refractivity contribution < 1.29 is 18.9 Å². The molecule has 0 bridgehead atoms. The van der Waals surface area contributed by atoms with Gasteiger partial charge in [0.15, 0.2) is 0 Å². The molecule has 43 heavy (non-hydrogen) atoms. The third-order valence-electron chi connectivity index (χ3n) is 6.67. The van der Waals surface area contributed by atoms with Crippen LogP contribution in [0.15, 0.2) is 121 Å². The highest BCUT2D eigenvalue weighted by molar-refractivity contribution is 5.82. The number of benzene rings is 5. The summed E-state index contributed by atoms with van der Waals surface area (Å²) >= 11 is 0. The van der Waals surface area contributed by atoms with Gasteiger partial charge < -0.3 is 18.9 Å². The summed E-state index contributed by atoms with van der Waals surface area (Å²) < 4.78 is 19.1. The van der Waals surface area contributed by atoms with Gasteiger partial charge in [0.25, 0.3) is 0 Å². The molecule has 5 aromatic rings. The second-order valence-electron chi connectivity index (χ2n) is 10.0. The number of hydrogen-bond donors (Lipinski definition) is 0. The quantitative estimate of drug-likeness (QED) is 0.187. The molecular weight excluding hydrogens is 532 g/mol. The largest absolute Gasteiger partial charge is 0.382 e. The van der Waals surface area contributed by atoms with Gasteiger partial charge >= 0.3 is 0 Å². The second kappa shape index (κ2) is 21.2. The molecule has 2 aliphatic rings. The minimum Gasteiger partial charge on any atom is -0.382 e. The fourth-order valence-electron chi connectivity index (χ4n) is 3.98. The van der Waals surface area contributed by atoms with Crippen LogP contribution in [0.4, 0.5) is 0 Å². The molecule has 7 rings (SSSR count). The van der Waals surface area contributed by atoms with Crippen molar-refractivity contribution >= 4 is 21.5 Å². The van der Waals surface area contributed by atoms with E-state index in [1.165, 1.54) is 32.7 Å². The molecule has 2 fully saturated rings. The summed E-state index contributed by atoms with van der Waals surface area (Å²) in [6, 6.07) is 42.3. The zero-order valence-corrected chi connectivity index (χ0v) is 25.6. The highest BCUT2D eigenvalue weighted by Gasteiger charge is 2.21. The number of methoxy groups -OCH3 is 2. The molecular formula is C39H50O4. The Labute approximate surface area is 259 Å². The van der Waals surface area contributed by atoms with Gasteiger partial charge in [-0.3, -0.25) is 0 Å². The number of hydrogen-bond acceptors (Lipinski definition) is 4. The van der Waals surface area contributed by atoms with E-state index in [0.29, 0.717) is 12.2 Å². The lowest BCUT2D eigenvalue weighted by Gasteiger charge is -1.97. The van der Waals surface area contributed by atoms with Gasteiger partial charge in [0.05, 0.1) is 26.4 Å². The summed E-state index contributed by atoms with van der Waals surface area (Å²) in [5, 5.41) is 5.24. The average molecular weight is 583 g/mol. The highest BCUT2D eigenvalue weighted by Crippen LogP contribution is 2.12. The summed E-state index contributed by atoms with van der Waals surface area (Å²) in [5.74, 6) is 0. The van der Waals surface area contributed by atoms with Crippen LogP contribution in [0.5, 0.6) is 0 Å². The highest BCUT2D eigenvalue weighted by atomic mass is 16.6. The van der Waals surface area contributed by atoms with E-state index in [9.17, 15) is 0 Å². The first kappa shape index (κ1) is 35.7. The van der Waals surface area contributed by atoms with E-state index < -0.39 is 0 Å². The number of fused-ring (bicyclic) bond motifs is 2. The molecule has 0 aromatic heterocycles. The van der Waals surface area contributed by atoms with Crippen LogP contribution >= 0.6 is 0 Å². The Bertz CT molecular complexity index is 1150. The fourth-order valence-corrected chi connectivity index (χ4v) is 3.98. The topological polar surface area (TPSA) is 43.5 Å². The van der Waals surface area contributed by atoms with E-state index in [2.05, 4.69) is 135 Å². The molecule has 2 saturated heterocycles. The van der Waals surface area contributed by atoms with Gasteiger partial charge in [-0.05, 0) is 45.5 Å². The standard InChI is InChI=1S/2C10H8.C10H14.2C4H8O2.CH4/c2*1-2-6-10-8-4-3-7-9(10)5-1;1-3-9-5-7-10(4-2)8-6-9;2*1-5-2-4-3-6-4;/h2*1-8H;5-8H,3-4H2,1-2H3;2*4H,2-3H2,1H3;1H4. The summed E-state index contributed by atoms with van der Waals surface area (Å²) in [6.07, 6.45) is 3.14. The van der Waals surface area contributed by atoms with Gasteiger partial charge in [0.2, 0.25) is 0 Å². The summed E-state index contributed by atoms with van der Waals surface area (Å²) in [6.45, 7) is 7.68. The molecule has 2 atom stereocenters. The van der Waals surface area contributed by atoms with Gasteiger partial charge in [-0.15, -0.1) is 0 Å². The normalized spacial score (nSPS) is 15.4.